The second kappa shape index (κ2) is 5.67. The number of oxazole rings is 1. The lowest BCUT2D eigenvalue weighted by Crippen LogP contribution is -2.18. The Balaban J connectivity index is 1.93. The van der Waals surface area contributed by atoms with E-state index in [1.54, 1.807) is 18.3 Å². The van der Waals surface area contributed by atoms with E-state index in [0.29, 0.717) is 18.0 Å². The molecule has 0 radical (unpaired) electrons. The van der Waals surface area contributed by atoms with E-state index in [1.165, 1.54) is 0 Å². The summed E-state index contributed by atoms with van der Waals surface area (Å²) in [7, 11) is 0. The quantitative estimate of drug-likeness (QED) is 0.859. The lowest BCUT2D eigenvalue weighted by Gasteiger charge is -2.10. The van der Waals surface area contributed by atoms with Crippen molar-refractivity contribution < 1.29 is 9.21 Å². The number of benzene rings is 1. The van der Waals surface area contributed by atoms with E-state index in [1.807, 2.05) is 26.0 Å². The molecule has 0 saturated carbocycles. The van der Waals surface area contributed by atoms with Gasteiger partial charge in [-0.15, -0.1) is 0 Å². The first kappa shape index (κ1) is 13.3. The first-order valence-corrected chi connectivity index (χ1v) is 6.10. The number of rotatable bonds is 5. The molecule has 1 aromatic carbocycles. The van der Waals surface area contributed by atoms with Crippen LogP contribution in [0.25, 0.3) is 0 Å². The molecule has 0 aliphatic carbocycles. The van der Waals surface area contributed by atoms with Gasteiger partial charge in [-0.05, 0) is 31.5 Å². The third kappa shape index (κ3) is 3.42. The van der Waals surface area contributed by atoms with Crippen molar-refractivity contribution in [3.05, 3.63) is 53.2 Å². The minimum atomic E-state index is -0.414. The van der Waals surface area contributed by atoms with Crippen LogP contribution in [-0.2, 0) is 6.54 Å². The number of primary amides is 1. The highest BCUT2D eigenvalue weighted by molar-refractivity contribution is 5.92. The standard InChI is InChI=1S/C14H17N3O2/c1-9-7-17-14(19-9)10(2)16-8-11-3-5-12(6-4-11)13(15)18/h3-7,10,16H,8H2,1-2H3,(H2,15,18). The van der Waals surface area contributed by atoms with Crippen LogP contribution in [-0.4, -0.2) is 10.9 Å². The molecule has 1 unspecified atom stereocenters. The normalized spacial score (nSPS) is 12.3. The number of nitrogens with one attached hydrogen (secondary N) is 1. The Kier molecular flexibility index (Phi) is 3.97. The summed E-state index contributed by atoms with van der Waals surface area (Å²) in [5.74, 6) is 1.06. The molecule has 0 fully saturated rings. The number of nitrogens with two attached hydrogens (primary N) is 1. The zero-order valence-corrected chi connectivity index (χ0v) is 11.0. The number of aryl methyl sites for hydroxylation is 1. The van der Waals surface area contributed by atoms with Gasteiger partial charge < -0.3 is 15.5 Å². The molecule has 2 aromatic rings. The van der Waals surface area contributed by atoms with Crippen LogP contribution in [0.15, 0.2) is 34.9 Å². The summed E-state index contributed by atoms with van der Waals surface area (Å²) in [6, 6.07) is 7.23. The molecular formula is C14H17N3O2. The van der Waals surface area contributed by atoms with Crippen LogP contribution in [0, 0.1) is 6.92 Å². The second-order valence-corrected chi connectivity index (χ2v) is 4.47. The maximum absolute atomic E-state index is 11.0. The number of nitrogens with zero attached hydrogens (tertiary/aromatic N) is 1. The predicted octanol–water partition coefficient (Wildman–Crippen LogP) is 1.93. The number of carbonyl (C=O) groups excluding carboxylic acids is 1. The predicted molar refractivity (Wildman–Crippen MR) is 71.5 cm³/mol. The fourth-order valence-corrected chi connectivity index (χ4v) is 1.72. The summed E-state index contributed by atoms with van der Waals surface area (Å²) in [5, 5.41) is 3.30. The minimum absolute atomic E-state index is 0.0320. The molecule has 3 N–H and O–H groups in total. The molecular weight excluding hydrogens is 242 g/mol. The molecule has 0 aliphatic heterocycles. The van der Waals surface area contributed by atoms with Crippen molar-refractivity contribution in [2.24, 2.45) is 5.73 Å². The highest BCUT2D eigenvalue weighted by Crippen LogP contribution is 2.13. The van der Waals surface area contributed by atoms with E-state index in [4.69, 9.17) is 10.2 Å². The molecule has 2 rings (SSSR count). The maximum Gasteiger partial charge on any atom is 0.248 e. The van der Waals surface area contributed by atoms with E-state index in [9.17, 15) is 4.79 Å². The second-order valence-electron chi connectivity index (χ2n) is 4.47. The largest absolute Gasteiger partial charge is 0.444 e. The van der Waals surface area contributed by atoms with Crippen molar-refractivity contribution in [1.29, 1.82) is 0 Å². The van der Waals surface area contributed by atoms with E-state index < -0.39 is 5.91 Å². The van der Waals surface area contributed by atoms with E-state index in [-0.39, 0.29) is 6.04 Å². The van der Waals surface area contributed by atoms with Gasteiger partial charge >= 0.3 is 0 Å². The van der Waals surface area contributed by atoms with Gasteiger partial charge in [0.2, 0.25) is 11.8 Å². The molecule has 0 saturated heterocycles. The number of hydrogen-bond acceptors (Lipinski definition) is 4. The van der Waals surface area contributed by atoms with E-state index in [2.05, 4.69) is 10.3 Å². The van der Waals surface area contributed by atoms with Gasteiger partial charge in [0, 0.05) is 12.1 Å². The van der Waals surface area contributed by atoms with Gasteiger partial charge in [-0.3, -0.25) is 4.79 Å². The molecule has 1 heterocycles. The van der Waals surface area contributed by atoms with Gasteiger partial charge in [-0.1, -0.05) is 12.1 Å². The third-order valence-corrected chi connectivity index (χ3v) is 2.86. The smallest absolute Gasteiger partial charge is 0.248 e. The van der Waals surface area contributed by atoms with Gasteiger partial charge in [0.05, 0.1) is 12.2 Å². The Morgan fingerprint density at radius 3 is 2.63 bits per heavy atom. The number of carbonyl (C=O) groups is 1. The van der Waals surface area contributed by atoms with Gasteiger partial charge in [0.1, 0.15) is 5.76 Å². The van der Waals surface area contributed by atoms with Crippen molar-refractivity contribution in [3.8, 4) is 0 Å². The van der Waals surface area contributed by atoms with Gasteiger partial charge in [0.25, 0.3) is 0 Å². The molecule has 1 amide bonds. The first-order valence-electron chi connectivity index (χ1n) is 6.10. The van der Waals surface area contributed by atoms with E-state index in [0.717, 1.165) is 11.3 Å². The maximum atomic E-state index is 11.0. The number of aromatic nitrogens is 1. The first-order chi connectivity index (χ1) is 9.06. The van der Waals surface area contributed by atoms with Crippen LogP contribution in [0.1, 0.15) is 40.5 Å². The topological polar surface area (TPSA) is 81.1 Å². The molecule has 100 valence electrons. The Labute approximate surface area is 111 Å². The molecule has 0 spiro atoms. The average Bonchev–Trinajstić information content (AvgIpc) is 2.83. The van der Waals surface area contributed by atoms with Crippen LogP contribution >= 0.6 is 0 Å². The number of hydrogen-bond donors (Lipinski definition) is 2. The fourth-order valence-electron chi connectivity index (χ4n) is 1.72. The van der Waals surface area contributed by atoms with Crippen molar-refractivity contribution in [3.63, 3.8) is 0 Å². The van der Waals surface area contributed by atoms with Crippen LogP contribution in [0.3, 0.4) is 0 Å². The van der Waals surface area contributed by atoms with Crippen LogP contribution < -0.4 is 11.1 Å². The summed E-state index contributed by atoms with van der Waals surface area (Å²) < 4.78 is 5.45. The Hall–Kier alpha value is -2.14. The average molecular weight is 259 g/mol. The van der Waals surface area contributed by atoms with Crippen LogP contribution in [0.4, 0.5) is 0 Å². The summed E-state index contributed by atoms with van der Waals surface area (Å²) in [6.45, 7) is 4.52. The van der Waals surface area contributed by atoms with Crippen molar-refractivity contribution >= 4 is 5.91 Å². The number of amides is 1. The Bertz CT molecular complexity index is 560. The third-order valence-electron chi connectivity index (χ3n) is 2.86. The molecule has 5 nitrogen and oxygen atoms in total. The SMILES string of the molecule is Cc1cnc(C(C)NCc2ccc(C(N)=O)cc2)o1. The van der Waals surface area contributed by atoms with E-state index >= 15 is 0 Å². The Morgan fingerprint density at radius 2 is 2.11 bits per heavy atom. The molecule has 19 heavy (non-hydrogen) atoms. The van der Waals surface area contributed by atoms with Crippen molar-refractivity contribution in [2.75, 3.05) is 0 Å². The highest BCUT2D eigenvalue weighted by atomic mass is 16.4. The molecule has 0 bridgehead atoms. The zero-order valence-electron chi connectivity index (χ0n) is 11.0. The Morgan fingerprint density at radius 1 is 1.42 bits per heavy atom. The van der Waals surface area contributed by atoms with Crippen LogP contribution in [0.2, 0.25) is 0 Å². The van der Waals surface area contributed by atoms with Crippen molar-refractivity contribution in [2.45, 2.75) is 26.4 Å². The fraction of sp³-hybridized carbons (Fsp3) is 0.286. The summed E-state index contributed by atoms with van der Waals surface area (Å²) in [5.41, 5.74) is 6.77. The molecule has 5 heteroatoms. The molecule has 1 atom stereocenters. The van der Waals surface area contributed by atoms with Crippen LogP contribution in [0.5, 0.6) is 0 Å². The molecule has 1 aromatic heterocycles. The van der Waals surface area contributed by atoms with Gasteiger partial charge in [0.15, 0.2) is 0 Å². The lowest BCUT2D eigenvalue weighted by atomic mass is 10.1. The highest BCUT2D eigenvalue weighted by Gasteiger charge is 2.10. The summed E-state index contributed by atoms with van der Waals surface area (Å²) >= 11 is 0. The lowest BCUT2D eigenvalue weighted by molar-refractivity contribution is 0.100. The van der Waals surface area contributed by atoms with Crippen molar-refractivity contribution in [1.82, 2.24) is 10.3 Å². The monoisotopic (exact) mass is 259 g/mol. The summed E-state index contributed by atoms with van der Waals surface area (Å²) in [6.07, 6.45) is 1.70. The zero-order chi connectivity index (χ0) is 13.8. The van der Waals surface area contributed by atoms with Gasteiger partial charge in [-0.2, -0.15) is 0 Å². The summed E-state index contributed by atoms with van der Waals surface area (Å²) in [4.78, 5) is 15.1. The minimum Gasteiger partial charge on any atom is -0.444 e. The molecule has 0 aliphatic rings. The van der Waals surface area contributed by atoms with Gasteiger partial charge in [-0.25, -0.2) is 4.98 Å².